The summed E-state index contributed by atoms with van der Waals surface area (Å²) >= 11 is 12.9. The van der Waals surface area contributed by atoms with E-state index in [0.29, 0.717) is 36.9 Å². The number of hydrogen-bond acceptors (Lipinski definition) is 2. The molecule has 0 saturated heterocycles. The number of amides is 2. The molecule has 0 aromatic heterocycles. The summed E-state index contributed by atoms with van der Waals surface area (Å²) in [7, 11) is 0. The van der Waals surface area contributed by atoms with Gasteiger partial charge in [-0.25, -0.2) is 4.79 Å². The molecule has 2 aromatic rings. The third-order valence-electron chi connectivity index (χ3n) is 3.35. The van der Waals surface area contributed by atoms with Gasteiger partial charge in [0.05, 0.1) is 11.6 Å². The number of urea groups is 1. The van der Waals surface area contributed by atoms with E-state index in [1.807, 2.05) is 36.4 Å². The molecule has 2 amide bonds. The largest absolute Gasteiger partial charge is 0.492 e. The Bertz CT molecular complexity index is 713. The Balaban J connectivity index is 1.56. The number of benzene rings is 2. The molecule has 25 heavy (non-hydrogen) atoms. The van der Waals surface area contributed by atoms with Crippen molar-refractivity contribution in [3.63, 3.8) is 0 Å². The standard InChI is InChI=1S/C18H19Br2ClN2O2/c19-14-4-1-3-13(11-14)7-9-23-18(24)22-8-2-10-25-17-6-5-15(20)12-16(17)21/h1,3-6,11-12H,2,7-10H2,(H2,22,23,24). The van der Waals surface area contributed by atoms with Crippen LogP contribution in [0.25, 0.3) is 0 Å². The highest BCUT2D eigenvalue weighted by Crippen LogP contribution is 2.27. The van der Waals surface area contributed by atoms with Crippen LogP contribution in [0.1, 0.15) is 12.0 Å². The van der Waals surface area contributed by atoms with Gasteiger partial charge in [-0.05, 0) is 48.7 Å². The number of carbonyl (C=O) groups excluding carboxylic acids is 1. The van der Waals surface area contributed by atoms with Crippen molar-refractivity contribution in [3.8, 4) is 5.75 Å². The van der Waals surface area contributed by atoms with Crippen molar-refractivity contribution in [1.82, 2.24) is 10.6 Å². The number of ether oxygens (including phenoxy) is 1. The second kappa shape index (κ2) is 10.7. The summed E-state index contributed by atoms with van der Waals surface area (Å²) in [5.41, 5.74) is 1.18. The summed E-state index contributed by atoms with van der Waals surface area (Å²) in [5, 5.41) is 6.22. The normalized spacial score (nSPS) is 10.4. The van der Waals surface area contributed by atoms with E-state index in [0.717, 1.165) is 15.4 Å². The minimum atomic E-state index is -0.170. The Morgan fingerprint density at radius 3 is 2.56 bits per heavy atom. The van der Waals surface area contributed by atoms with E-state index < -0.39 is 0 Å². The third kappa shape index (κ3) is 7.67. The van der Waals surface area contributed by atoms with Crippen LogP contribution in [0.3, 0.4) is 0 Å². The molecule has 0 heterocycles. The quantitative estimate of drug-likeness (QED) is 0.502. The van der Waals surface area contributed by atoms with Gasteiger partial charge in [0.15, 0.2) is 0 Å². The molecule has 0 aliphatic carbocycles. The van der Waals surface area contributed by atoms with Crippen LogP contribution in [0.5, 0.6) is 5.75 Å². The Kier molecular flexibility index (Phi) is 8.58. The van der Waals surface area contributed by atoms with Crippen molar-refractivity contribution in [2.45, 2.75) is 12.8 Å². The molecule has 0 fully saturated rings. The minimum absolute atomic E-state index is 0.170. The van der Waals surface area contributed by atoms with E-state index in [2.05, 4.69) is 42.5 Å². The Hall–Kier alpha value is -1.24. The van der Waals surface area contributed by atoms with Crippen molar-refractivity contribution in [2.75, 3.05) is 19.7 Å². The van der Waals surface area contributed by atoms with Crippen LogP contribution in [-0.2, 0) is 6.42 Å². The first-order valence-electron chi connectivity index (χ1n) is 7.88. The summed E-state index contributed by atoms with van der Waals surface area (Å²) in [4.78, 5) is 11.7. The van der Waals surface area contributed by atoms with E-state index in [9.17, 15) is 4.79 Å². The molecule has 0 unspecified atom stereocenters. The van der Waals surface area contributed by atoms with Crippen molar-refractivity contribution >= 4 is 49.5 Å². The van der Waals surface area contributed by atoms with E-state index in [4.69, 9.17) is 16.3 Å². The van der Waals surface area contributed by atoms with Gasteiger partial charge < -0.3 is 15.4 Å². The van der Waals surface area contributed by atoms with E-state index in [-0.39, 0.29) is 6.03 Å². The summed E-state index contributed by atoms with van der Waals surface area (Å²) in [6, 6.07) is 13.3. The van der Waals surface area contributed by atoms with Gasteiger partial charge in [0, 0.05) is 22.0 Å². The van der Waals surface area contributed by atoms with Crippen molar-refractivity contribution < 1.29 is 9.53 Å². The third-order valence-corrected chi connectivity index (χ3v) is 4.63. The molecule has 0 atom stereocenters. The van der Waals surface area contributed by atoms with Crippen LogP contribution < -0.4 is 15.4 Å². The SMILES string of the molecule is O=C(NCCCOc1ccc(Br)cc1Cl)NCCc1cccc(Br)c1. The fourth-order valence-corrected chi connectivity index (χ4v) is 3.30. The maximum Gasteiger partial charge on any atom is 0.314 e. The zero-order valence-electron chi connectivity index (χ0n) is 13.5. The van der Waals surface area contributed by atoms with E-state index in [1.165, 1.54) is 5.56 Å². The highest BCUT2D eigenvalue weighted by atomic mass is 79.9. The molecule has 0 bridgehead atoms. The predicted octanol–water partition coefficient (Wildman–Crippen LogP) is 5.18. The van der Waals surface area contributed by atoms with Crippen LogP contribution in [0.4, 0.5) is 4.79 Å². The first-order valence-corrected chi connectivity index (χ1v) is 9.85. The number of rotatable bonds is 8. The molecule has 2 aromatic carbocycles. The Morgan fingerprint density at radius 1 is 1.04 bits per heavy atom. The zero-order valence-corrected chi connectivity index (χ0v) is 17.5. The molecule has 0 saturated carbocycles. The van der Waals surface area contributed by atoms with Gasteiger partial charge >= 0.3 is 6.03 Å². The topological polar surface area (TPSA) is 50.4 Å². The van der Waals surface area contributed by atoms with Crippen LogP contribution in [0, 0.1) is 0 Å². The van der Waals surface area contributed by atoms with Crippen LogP contribution >= 0.6 is 43.5 Å². The maximum atomic E-state index is 11.7. The van der Waals surface area contributed by atoms with E-state index in [1.54, 1.807) is 6.07 Å². The smallest absolute Gasteiger partial charge is 0.314 e. The highest BCUT2D eigenvalue weighted by molar-refractivity contribution is 9.10. The molecule has 2 N–H and O–H groups in total. The number of carbonyl (C=O) groups is 1. The first-order chi connectivity index (χ1) is 12.0. The molecular weight excluding hydrogens is 471 g/mol. The summed E-state index contributed by atoms with van der Waals surface area (Å²) in [5.74, 6) is 0.642. The molecule has 0 aliphatic rings. The monoisotopic (exact) mass is 488 g/mol. The number of halogens is 3. The minimum Gasteiger partial charge on any atom is -0.492 e. The molecule has 7 heteroatoms. The van der Waals surface area contributed by atoms with Gasteiger partial charge in [-0.2, -0.15) is 0 Å². The van der Waals surface area contributed by atoms with Crippen molar-refractivity contribution in [1.29, 1.82) is 0 Å². The molecule has 0 spiro atoms. The Morgan fingerprint density at radius 2 is 1.80 bits per heavy atom. The lowest BCUT2D eigenvalue weighted by Crippen LogP contribution is -2.37. The molecule has 0 radical (unpaired) electrons. The van der Waals surface area contributed by atoms with Gasteiger partial charge in [-0.1, -0.05) is 55.6 Å². The fourth-order valence-electron chi connectivity index (χ4n) is 2.12. The molecule has 4 nitrogen and oxygen atoms in total. The van der Waals surface area contributed by atoms with Crippen LogP contribution in [-0.4, -0.2) is 25.7 Å². The fraction of sp³-hybridized carbons (Fsp3) is 0.278. The average Bonchev–Trinajstić information content (AvgIpc) is 2.56. The lowest BCUT2D eigenvalue weighted by Gasteiger charge is -2.10. The first kappa shape index (κ1) is 20.1. The van der Waals surface area contributed by atoms with Gasteiger partial charge in [0.25, 0.3) is 0 Å². The second-order valence-electron chi connectivity index (χ2n) is 5.34. The molecule has 0 aliphatic heterocycles. The summed E-state index contributed by atoms with van der Waals surface area (Å²) in [6.07, 6.45) is 1.49. The Labute approximate surface area is 169 Å². The summed E-state index contributed by atoms with van der Waals surface area (Å²) in [6.45, 7) is 1.61. The lowest BCUT2D eigenvalue weighted by atomic mass is 10.1. The molecular formula is C18H19Br2ClN2O2. The maximum absolute atomic E-state index is 11.7. The van der Waals surface area contributed by atoms with Gasteiger partial charge in [-0.3, -0.25) is 0 Å². The van der Waals surface area contributed by atoms with Gasteiger partial charge in [-0.15, -0.1) is 0 Å². The molecule has 134 valence electrons. The average molecular weight is 491 g/mol. The number of hydrogen-bond donors (Lipinski definition) is 2. The van der Waals surface area contributed by atoms with Crippen LogP contribution in [0.15, 0.2) is 51.4 Å². The van der Waals surface area contributed by atoms with Crippen LogP contribution in [0.2, 0.25) is 5.02 Å². The van der Waals surface area contributed by atoms with Crippen molar-refractivity contribution in [2.24, 2.45) is 0 Å². The lowest BCUT2D eigenvalue weighted by molar-refractivity contribution is 0.239. The van der Waals surface area contributed by atoms with E-state index >= 15 is 0 Å². The van der Waals surface area contributed by atoms with Gasteiger partial charge in [0.2, 0.25) is 0 Å². The van der Waals surface area contributed by atoms with Crippen molar-refractivity contribution in [3.05, 3.63) is 62.0 Å². The predicted molar refractivity (Wildman–Crippen MR) is 109 cm³/mol. The van der Waals surface area contributed by atoms with Gasteiger partial charge in [0.1, 0.15) is 5.75 Å². The number of nitrogens with one attached hydrogen (secondary N) is 2. The molecule has 2 rings (SSSR count). The second-order valence-corrected chi connectivity index (χ2v) is 7.58. The zero-order chi connectivity index (χ0) is 18.1. The highest BCUT2D eigenvalue weighted by Gasteiger charge is 2.03. The summed E-state index contributed by atoms with van der Waals surface area (Å²) < 4.78 is 7.55.